The number of benzene rings is 2. The number of hydrogen-bond donors (Lipinski definition) is 1. The smallest absolute Gasteiger partial charge is 0.226 e. The summed E-state index contributed by atoms with van der Waals surface area (Å²) >= 11 is 0. The van der Waals surface area contributed by atoms with Crippen molar-refractivity contribution < 1.29 is 9.53 Å². The molecule has 6 heteroatoms. The van der Waals surface area contributed by atoms with Crippen LogP contribution in [0.2, 0.25) is 0 Å². The van der Waals surface area contributed by atoms with Gasteiger partial charge in [-0.2, -0.15) is 4.98 Å². The molecular formula is C26H28N4O2. The number of anilines is 1. The maximum atomic E-state index is 13.0. The predicted molar refractivity (Wildman–Crippen MR) is 125 cm³/mol. The molecule has 32 heavy (non-hydrogen) atoms. The number of methoxy groups -OCH3 is 1. The number of ketones is 1. The average molecular weight is 429 g/mol. The van der Waals surface area contributed by atoms with E-state index in [4.69, 9.17) is 14.8 Å². The number of nitrogens with zero attached hydrogens (tertiary/aromatic N) is 3. The van der Waals surface area contributed by atoms with Crippen molar-refractivity contribution in [2.24, 2.45) is 0 Å². The van der Waals surface area contributed by atoms with Crippen molar-refractivity contribution >= 4 is 11.7 Å². The molecule has 0 saturated heterocycles. The van der Waals surface area contributed by atoms with Crippen LogP contribution >= 0.6 is 0 Å². The molecule has 1 N–H and O–H groups in total. The second kappa shape index (κ2) is 7.62. The number of Topliss-reactive ketones (excluding diaryl/α,β-unsaturated/α-hetero) is 1. The molecule has 2 aliphatic rings. The van der Waals surface area contributed by atoms with E-state index in [0.29, 0.717) is 18.2 Å². The van der Waals surface area contributed by atoms with Gasteiger partial charge in [-0.1, -0.05) is 57.2 Å². The Hall–Kier alpha value is -3.41. The number of carbonyl (C=O) groups excluding carboxylic acids is 1. The molecule has 1 aliphatic heterocycles. The van der Waals surface area contributed by atoms with Crippen LogP contribution in [0, 0.1) is 0 Å². The second-order valence-electron chi connectivity index (χ2n) is 9.50. The van der Waals surface area contributed by atoms with Crippen LogP contribution in [-0.4, -0.2) is 27.7 Å². The van der Waals surface area contributed by atoms with Crippen molar-refractivity contribution in [3.63, 3.8) is 0 Å². The summed E-state index contributed by atoms with van der Waals surface area (Å²) < 4.78 is 7.18. The lowest BCUT2D eigenvalue weighted by Crippen LogP contribution is -2.31. The molecular weight excluding hydrogens is 400 g/mol. The molecule has 164 valence electrons. The maximum absolute atomic E-state index is 13.0. The number of rotatable bonds is 3. The average Bonchev–Trinajstić information content (AvgIpc) is 3.21. The van der Waals surface area contributed by atoms with E-state index < -0.39 is 0 Å². The number of fused-ring (bicyclic) bond motifs is 1. The van der Waals surface area contributed by atoms with Gasteiger partial charge in [-0.25, -0.2) is 4.68 Å². The van der Waals surface area contributed by atoms with Gasteiger partial charge >= 0.3 is 0 Å². The monoisotopic (exact) mass is 428 g/mol. The molecule has 1 aliphatic carbocycles. The summed E-state index contributed by atoms with van der Waals surface area (Å²) in [5, 5.41) is 8.27. The Morgan fingerprint density at radius 1 is 1.03 bits per heavy atom. The van der Waals surface area contributed by atoms with E-state index in [2.05, 4.69) is 50.4 Å². The normalized spacial score (nSPS) is 18.1. The van der Waals surface area contributed by atoms with Gasteiger partial charge in [0.15, 0.2) is 11.6 Å². The molecule has 0 spiro atoms. The van der Waals surface area contributed by atoms with Gasteiger partial charge in [-0.15, -0.1) is 5.10 Å². The summed E-state index contributed by atoms with van der Waals surface area (Å²) in [6.07, 6.45) is 2.27. The highest BCUT2D eigenvalue weighted by Crippen LogP contribution is 2.41. The van der Waals surface area contributed by atoms with Crippen molar-refractivity contribution in [2.45, 2.75) is 51.5 Å². The van der Waals surface area contributed by atoms with Crippen molar-refractivity contribution in [1.82, 2.24) is 14.8 Å². The van der Waals surface area contributed by atoms with Crippen LogP contribution in [0.1, 0.15) is 57.2 Å². The van der Waals surface area contributed by atoms with E-state index in [1.807, 2.05) is 28.9 Å². The zero-order valence-corrected chi connectivity index (χ0v) is 19.0. The summed E-state index contributed by atoms with van der Waals surface area (Å²) in [6.45, 7) is 6.60. The van der Waals surface area contributed by atoms with Gasteiger partial charge in [-0.3, -0.25) is 4.79 Å². The topological polar surface area (TPSA) is 69.0 Å². The predicted octanol–water partition coefficient (Wildman–Crippen LogP) is 5.27. The Bertz CT molecular complexity index is 1200. The molecule has 1 aromatic heterocycles. The lowest BCUT2D eigenvalue weighted by Gasteiger charge is -2.32. The van der Waals surface area contributed by atoms with Gasteiger partial charge in [-0.05, 0) is 41.5 Å². The van der Waals surface area contributed by atoms with Crippen molar-refractivity contribution in [1.29, 1.82) is 0 Å². The fraction of sp³-hybridized carbons (Fsp3) is 0.346. The third kappa shape index (κ3) is 3.49. The van der Waals surface area contributed by atoms with Crippen molar-refractivity contribution in [2.75, 3.05) is 12.4 Å². The van der Waals surface area contributed by atoms with E-state index in [9.17, 15) is 4.79 Å². The van der Waals surface area contributed by atoms with Crippen LogP contribution in [0.25, 0.3) is 11.4 Å². The first-order valence-electron chi connectivity index (χ1n) is 11.1. The Labute approximate surface area is 188 Å². The van der Waals surface area contributed by atoms with Gasteiger partial charge in [0.05, 0.1) is 7.11 Å². The van der Waals surface area contributed by atoms with Crippen LogP contribution in [0.3, 0.4) is 0 Å². The lowest BCUT2D eigenvalue weighted by atomic mass is 9.85. The largest absolute Gasteiger partial charge is 0.497 e. The Morgan fingerprint density at radius 2 is 1.75 bits per heavy atom. The molecule has 0 radical (unpaired) electrons. The van der Waals surface area contributed by atoms with Crippen LogP contribution in [0.4, 0.5) is 5.95 Å². The quantitative estimate of drug-likeness (QED) is 0.615. The zero-order chi connectivity index (χ0) is 22.5. The fourth-order valence-corrected chi connectivity index (χ4v) is 4.49. The second-order valence-corrected chi connectivity index (χ2v) is 9.50. The molecule has 3 aromatic rings. The standard InChI is InChI=1S/C26H28N4O2/c1-26(2,3)18-12-8-17(9-13-18)24-28-25-27-20-6-5-7-21(31)22(20)23(30(25)29-24)16-10-14-19(32-4)15-11-16/h8-15,23H,5-7H2,1-4H3,(H,27,28,29). The zero-order valence-electron chi connectivity index (χ0n) is 19.0. The van der Waals surface area contributed by atoms with Gasteiger partial charge < -0.3 is 10.1 Å². The summed E-state index contributed by atoms with van der Waals surface area (Å²) in [6, 6.07) is 16.0. The van der Waals surface area contributed by atoms with Gasteiger partial charge in [0, 0.05) is 23.3 Å². The van der Waals surface area contributed by atoms with Gasteiger partial charge in [0.2, 0.25) is 5.95 Å². The lowest BCUT2D eigenvalue weighted by molar-refractivity contribution is -0.116. The number of allylic oxidation sites excluding steroid dienone is 2. The molecule has 6 nitrogen and oxygen atoms in total. The number of nitrogens with one attached hydrogen (secondary N) is 1. The highest BCUT2D eigenvalue weighted by Gasteiger charge is 2.36. The minimum absolute atomic E-state index is 0.0871. The molecule has 0 saturated carbocycles. The summed E-state index contributed by atoms with van der Waals surface area (Å²) in [5.74, 6) is 2.29. The first-order valence-corrected chi connectivity index (χ1v) is 11.1. The fourth-order valence-electron chi connectivity index (χ4n) is 4.49. The molecule has 0 bridgehead atoms. The van der Waals surface area contributed by atoms with Crippen molar-refractivity contribution in [3.05, 3.63) is 70.9 Å². The molecule has 1 unspecified atom stereocenters. The third-order valence-corrected chi connectivity index (χ3v) is 6.31. The Morgan fingerprint density at radius 3 is 2.41 bits per heavy atom. The third-order valence-electron chi connectivity index (χ3n) is 6.31. The van der Waals surface area contributed by atoms with Crippen LogP contribution in [-0.2, 0) is 10.2 Å². The minimum Gasteiger partial charge on any atom is -0.497 e. The first kappa shape index (κ1) is 20.5. The van der Waals surface area contributed by atoms with E-state index in [0.717, 1.165) is 41.0 Å². The first-order chi connectivity index (χ1) is 15.3. The number of aromatic nitrogens is 3. The Balaban J connectivity index is 1.59. The molecule has 1 atom stereocenters. The molecule has 2 aromatic carbocycles. The van der Waals surface area contributed by atoms with Gasteiger partial charge in [0.1, 0.15) is 11.8 Å². The van der Waals surface area contributed by atoms with E-state index in [1.54, 1.807) is 7.11 Å². The van der Waals surface area contributed by atoms with Crippen LogP contribution in [0.15, 0.2) is 59.8 Å². The highest BCUT2D eigenvalue weighted by atomic mass is 16.5. The maximum Gasteiger partial charge on any atom is 0.226 e. The van der Waals surface area contributed by atoms with E-state index in [1.165, 1.54) is 5.56 Å². The number of carbonyl (C=O) groups is 1. The summed E-state index contributed by atoms with van der Waals surface area (Å²) in [7, 11) is 1.65. The number of ether oxygens (including phenoxy) is 1. The number of hydrogen-bond acceptors (Lipinski definition) is 5. The summed E-state index contributed by atoms with van der Waals surface area (Å²) in [5.41, 5.74) is 5.08. The molecule has 0 amide bonds. The Kier molecular flexibility index (Phi) is 4.88. The minimum atomic E-state index is -0.296. The van der Waals surface area contributed by atoms with E-state index in [-0.39, 0.29) is 17.2 Å². The van der Waals surface area contributed by atoms with E-state index >= 15 is 0 Å². The van der Waals surface area contributed by atoms with Crippen molar-refractivity contribution in [3.8, 4) is 17.1 Å². The SMILES string of the molecule is COc1ccc(C2C3=C(CCCC3=O)Nc3nc(-c4ccc(C(C)(C)C)cc4)nn32)cc1. The van der Waals surface area contributed by atoms with Crippen LogP contribution in [0.5, 0.6) is 5.75 Å². The highest BCUT2D eigenvalue weighted by molar-refractivity contribution is 5.99. The van der Waals surface area contributed by atoms with Gasteiger partial charge in [0.25, 0.3) is 0 Å². The summed E-state index contributed by atoms with van der Waals surface area (Å²) in [4.78, 5) is 17.8. The molecule has 5 rings (SSSR count). The molecule has 2 heterocycles. The molecule has 0 fully saturated rings. The van der Waals surface area contributed by atoms with Crippen LogP contribution < -0.4 is 10.1 Å².